The van der Waals surface area contributed by atoms with Crippen LogP contribution in [0.4, 0.5) is 0 Å². The second-order valence-electron chi connectivity index (χ2n) is 5.51. The number of aromatic amines is 1. The van der Waals surface area contributed by atoms with E-state index in [1.54, 1.807) is 25.1 Å². The summed E-state index contributed by atoms with van der Waals surface area (Å²) < 4.78 is 5.34. The average Bonchev–Trinajstić information content (AvgIpc) is 3.12. The van der Waals surface area contributed by atoms with E-state index in [1.165, 1.54) is 0 Å². The van der Waals surface area contributed by atoms with Crippen molar-refractivity contribution < 1.29 is 9.53 Å². The number of hydrogen-bond acceptors (Lipinski definition) is 3. The van der Waals surface area contributed by atoms with Crippen molar-refractivity contribution in [2.45, 2.75) is 6.54 Å². The number of para-hydroxylation sites is 1. The summed E-state index contributed by atoms with van der Waals surface area (Å²) >= 11 is 0. The average molecular weight is 321 g/mol. The Bertz CT molecular complexity index is 827. The van der Waals surface area contributed by atoms with E-state index in [9.17, 15) is 4.79 Å². The second-order valence-corrected chi connectivity index (χ2v) is 5.51. The molecule has 2 aromatic carbocycles. The zero-order valence-corrected chi connectivity index (χ0v) is 13.7. The van der Waals surface area contributed by atoms with Crippen LogP contribution in [0.15, 0.2) is 60.7 Å². The van der Waals surface area contributed by atoms with Gasteiger partial charge in [0.25, 0.3) is 5.91 Å². The minimum absolute atomic E-state index is 0.115. The smallest absolute Gasteiger partial charge is 0.271 e. The fourth-order valence-corrected chi connectivity index (χ4v) is 2.55. The van der Waals surface area contributed by atoms with Gasteiger partial charge in [0.05, 0.1) is 12.8 Å². The number of hydrogen-bond donors (Lipinski definition) is 1. The Balaban J connectivity index is 1.76. The SMILES string of the molecule is COc1ccccc1CN(C)C(=O)c1cc(-c2ccccc2)n[nH]1. The molecule has 0 aliphatic heterocycles. The number of rotatable bonds is 5. The van der Waals surface area contributed by atoms with Gasteiger partial charge in [-0.1, -0.05) is 48.5 Å². The largest absolute Gasteiger partial charge is 0.496 e. The van der Waals surface area contributed by atoms with Gasteiger partial charge in [-0.15, -0.1) is 0 Å². The van der Waals surface area contributed by atoms with Gasteiger partial charge in [0, 0.05) is 24.7 Å². The second kappa shape index (κ2) is 7.00. The summed E-state index contributed by atoms with van der Waals surface area (Å²) in [6, 6.07) is 19.2. The minimum atomic E-state index is -0.115. The lowest BCUT2D eigenvalue weighted by molar-refractivity contribution is 0.0778. The number of benzene rings is 2. The molecular weight excluding hydrogens is 302 g/mol. The molecule has 122 valence electrons. The third kappa shape index (κ3) is 3.30. The predicted octanol–water partition coefficient (Wildman–Crippen LogP) is 3.36. The van der Waals surface area contributed by atoms with Crippen LogP contribution in [-0.2, 0) is 6.54 Å². The molecular formula is C19H19N3O2. The maximum Gasteiger partial charge on any atom is 0.271 e. The highest BCUT2D eigenvalue weighted by Gasteiger charge is 2.16. The summed E-state index contributed by atoms with van der Waals surface area (Å²) in [6.45, 7) is 0.461. The number of methoxy groups -OCH3 is 1. The third-order valence-electron chi connectivity index (χ3n) is 3.82. The molecule has 0 atom stereocenters. The van der Waals surface area contributed by atoms with Gasteiger partial charge in [0.15, 0.2) is 0 Å². The van der Waals surface area contributed by atoms with Gasteiger partial charge in [-0.3, -0.25) is 9.89 Å². The molecule has 0 aliphatic carbocycles. The number of carbonyl (C=O) groups is 1. The first-order chi connectivity index (χ1) is 11.7. The first kappa shape index (κ1) is 15.8. The maximum atomic E-state index is 12.6. The Hall–Kier alpha value is -3.08. The van der Waals surface area contributed by atoms with Crippen LogP contribution in [0.25, 0.3) is 11.3 Å². The fourth-order valence-electron chi connectivity index (χ4n) is 2.55. The molecule has 24 heavy (non-hydrogen) atoms. The van der Waals surface area contributed by atoms with Crippen LogP contribution in [-0.4, -0.2) is 35.2 Å². The van der Waals surface area contributed by atoms with Crippen LogP contribution in [0.1, 0.15) is 16.1 Å². The molecule has 0 radical (unpaired) electrons. The highest BCUT2D eigenvalue weighted by molar-refractivity contribution is 5.93. The van der Waals surface area contributed by atoms with Crippen molar-refractivity contribution in [2.75, 3.05) is 14.2 Å². The van der Waals surface area contributed by atoms with Crippen LogP contribution in [0.5, 0.6) is 5.75 Å². The number of aromatic nitrogens is 2. The van der Waals surface area contributed by atoms with Crippen molar-refractivity contribution in [1.29, 1.82) is 0 Å². The molecule has 3 rings (SSSR count). The summed E-state index contributed by atoms with van der Waals surface area (Å²) in [6.07, 6.45) is 0. The Morgan fingerprint density at radius 2 is 1.83 bits per heavy atom. The van der Waals surface area contributed by atoms with Crippen LogP contribution >= 0.6 is 0 Å². The van der Waals surface area contributed by atoms with Crippen molar-refractivity contribution in [3.63, 3.8) is 0 Å². The van der Waals surface area contributed by atoms with Gasteiger partial charge in [0.1, 0.15) is 11.4 Å². The number of amides is 1. The van der Waals surface area contributed by atoms with Crippen molar-refractivity contribution in [1.82, 2.24) is 15.1 Å². The van der Waals surface area contributed by atoms with Crippen LogP contribution in [0, 0.1) is 0 Å². The monoisotopic (exact) mass is 321 g/mol. The van der Waals surface area contributed by atoms with Crippen molar-refractivity contribution in [2.24, 2.45) is 0 Å². The predicted molar refractivity (Wildman–Crippen MR) is 92.8 cm³/mol. The fraction of sp³-hybridized carbons (Fsp3) is 0.158. The molecule has 3 aromatic rings. The highest BCUT2D eigenvalue weighted by Crippen LogP contribution is 2.21. The van der Waals surface area contributed by atoms with Crippen LogP contribution < -0.4 is 4.74 Å². The van der Waals surface area contributed by atoms with Crippen LogP contribution in [0.2, 0.25) is 0 Å². The van der Waals surface area contributed by atoms with E-state index in [-0.39, 0.29) is 5.91 Å². The van der Waals surface area contributed by atoms with Gasteiger partial charge in [-0.2, -0.15) is 5.10 Å². The Kier molecular flexibility index (Phi) is 4.61. The Labute approximate surface area is 140 Å². The molecule has 0 aliphatic rings. The lowest BCUT2D eigenvalue weighted by Gasteiger charge is -2.17. The number of H-pyrrole nitrogens is 1. The van der Waals surface area contributed by atoms with Crippen molar-refractivity contribution in [3.8, 4) is 17.0 Å². The number of ether oxygens (including phenoxy) is 1. The zero-order valence-electron chi connectivity index (χ0n) is 13.7. The molecule has 1 heterocycles. The normalized spacial score (nSPS) is 10.4. The zero-order chi connectivity index (χ0) is 16.9. The molecule has 0 fully saturated rings. The van der Waals surface area contributed by atoms with E-state index < -0.39 is 0 Å². The molecule has 1 aromatic heterocycles. The quantitative estimate of drug-likeness (QED) is 0.784. The third-order valence-corrected chi connectivity index (χ3v) is 3.82. The summed E-state index contributed by atoms with van der Waals surface area (Å²) in [5, 5.41) is 7.06. The summed E-state index contributed by atoms with van der Waals surface area (Å²) in [5.41, 5.74) is 3.15. The van der Waals surface area contributed by atoms with Gasteiger partial charge >= 0.3 is 0 Å². The van der Waals surface area contributed by atoms with E-state index in [0.717, 1.165) is 22.6 Å². The number of carbonyl (C=O) groups excluding carboxylic acids is 1. The molecule has 0 bridgehead atoms. The van der Waals surface area contributed by atoms with E-state index in [1.807, 2.05) is 54.6 Å². The number of nitrogens with zero attached hydrogens (tertiary/aromatic N) is 2. The number of nitrogens with one attached hydrogen (secondary N) is 1. The minimum Gasteiger partial charge on any atom is -0.496 e. The topological polar surface area (TPSA) is 58.2 Å². The molecule has 0 unspecified atom stereocenters. The molecule has 1 amide bonds. The van der Waals surface area contributed by atoms with Crippen molar-refractivity contribution >= 4 is 5.91 Å². The highest BCUT2D eigenvalue weighted by atomic mass is 16.5. The van der Waals surface area contributed by atoms with E-state index in [4.69, 9.17) is 4.74 Å². The Morgan fingerprint density at radius 3 is 2.58 bits per heavy atom. The molecule has 0 saturated carbocycles. The van der Waals surface area contributed by atoms with Gasteiger partial charge in [-0.25, -0.2) is 0 Å². The summed E-state index contributed by atoms with van der Waals surface area (Å²) in [4.78, 5) is 14.2. The lowest BCUT2D eigenvalue weighted by atomic mass is 10.1. The van der Waals surface area contributed by atoms with E-state index in [0.29, 0.717) is 12.2 Å². The summed E-state index contributed by atoms with van der Waals surface area (Å²) in [5.74, 6) is 0.655. The molecule has 5 nitrogen and oxygen atoms in total. The Morgan fingerprint density at radius 1 is 1.12 bits per heavy atom. The van der Waals surface area contributed by atoms with E-state index in [2.05, 4.69) is 10.2 Å². The van der Waals surface area contributed by atoms with Gasteiger partial charge in [0.2, 0.25) is 0 Å². The lowest BCUT2D eigenvalue weighted by Crippen LogP contribution is -2.26. The standard InChI is InChI=1S/C19H19N3O2/c1-22(13-15-10-6-7-11-18(15)24-2)19(23)17-12-16(20-21-17)14-8-4-3-5-9-14/h3-12H,13H2,1-2H3,(H,20,21). The van der Waals surface area contributed by atoms with Crippen molar-refractivity contribution in [3.05, 3.63) is 71.9 Å². The van der Waals surface area contributed by atoms with Crippen LogP contribution in [0.3, 0.4) is 0 Å². The molecule has 0 saturated heterocycles. The van der Waals surface area contributed by atoms with Gasteiger partial charge in [-0.05, 0) is 12.1 Å². The van der Waals surface area contributed by atoms with E-state index >= 15 is 0 Å². The first-order valence-electron chi connectivity index (χ1n) is 7.67. The molecule has 5 heteroatoms. The molecule has 0 spiro atoms. The molecule has 1 N–H and O–H groups in total. The van der Waals surface area contributed by atoms with Gasteiger partial charge < -0.3 is 9.64 Å². The first-order valence-corrected chi connectivity index (χ1v) is 7.67. The maximum absolute atomic E-state index is 12.6. The summed E-state index contributed by atoms with van der Waals surface area (Å²) in [7, 11) is 3.39.